The van der Waals surface area contributed by atoms with E-state index < -0.39 is 62.3 Å². The molecule has 2 aromatic rings. The van der Waals surface area contributed by atoms with Crippen LogP contribution in [-0.4, -0.2) is 104 Å². The van der Waals surface area contributed by atoms with Crippen molar-refractivity contribution < 1.29 is 43.1 Å². The predicted molar refractivity (Wildman–Crippen MR) is 172 cm³/mol. The lowest BCUT2D eigenvalue weighted by molar-refractivity contribution is -0.146. The number of nitrogens with two attached hydrogens (primary N) is 1. The zero-order chi connectivity index (χ0) is 34.7. The van der Waals surface area contributed by atoms with Crippen LogP contribution in [0.15, 0.2) is 6.33 Å². The van der Waals surface area contributed by atoms with Crippen LogP contribution in [0.3, 0.4) is 0 Å². The highest BCUT2D eigenvalue weighted by atomic mass is 31.2. The Hall–Kier alpha value is -2.92. The number of nitrogens with one attached hydrogen (secondary N) is 2. The van der Waals surface area contributed by atoms with E-state index in [1.54, 1.807) is 41.5 Å². The topological polar surface area (TPSA) is 226 Å². The maximum absolute atomic E-state index is 14.5. The Morgan fingerprint density at radius 3 is 2.15 bits per heavy atom. The van der Waals surface area contributed by atoms with Gasteiger partial charge in [-0.3, -0.25) is 18.7 Å². The number of carbonyl (C=O) groups excluding carboxylic acids is 2. The van der Waals surface area contributed by atoms with Gasteiger partial charge in [-0.1, -0.05) is 27.7 Å². The van der Waals surface area contributed by atoms with Gasteiger partial charge >= 0.3 is 19.6 Å². The van der Waals surface area contributed by atoms with E-state index in [1.165, 1.54) is 17.8 Å². The number of rotatable bonds is 15. The molecular weight excluding hydrogens is 635 g/mol. The molecule has 2 aromatic heterocycles. The second-order valence-electron chi connectivity index (χ2n) is 12.7. The first-order valence-electron chi connectivity index (χ1n) is 16.1. The molecule has 0 spiro atoms. The van der Waals surface area contributed by atoms with Gasteiger partial charge in [0.15, 0.2) is 23.2 Å². The third kappa shape index (κ3) is 8.04. The smallest absolute Gasteiger partial charge is 0.342 e. The molecule has 0 bridgehead atoms. The van der Waals surface area contributed by atoms with Crippen molar-refractivity contribution in [2.24, 2.45) is 11.8 Å². The number of anilines is 2. The fourth-order valence-corrected chi connectivity index (χ4v) is 7.81. The molecule has 0 aliphatic carbocycles. The summed E-state index contributed by atoms with van der Waals surface area (Å²) < 4.78 is 38.3. The van der Waals surface area contributed by atoms with Crippen molar-refractivity contribution in [3.8, 4) is 0 Å². The summed E-state index contributed by atoms with van der Waals surface area (Å²) in [5.41, 5.74) is 4.94. The minimum Gasteiger partial charge on any atom is -0.465 e. The molecule has 0 saturated carbocycles. The number of nitrogens with zero attached hydrogens (tertiary/aromatic N) is 5. The number of carbonyl (C=O) groups is 2. The summed E-state index contributed by atoms with van der Waals surface area (Å²) in [7, 11) is -4.30. The number of imidazole rings is 1. The lowest BCUT2D eigenvalue weighted by atomic mass is 9.96. The fraction of sp³-hybridized carbons (Fsp3) is 0.759. The van der Waals surface area contributed by atoms with E-state index in [-0.39, 0.29) is 31.0 Å². The van der Waals surface area contributed by atoms with Crippen molar-refractivity contribution in [2.75, 3.05) is 43.5 Å². The number of aromatic nitrogens is 4. The SMILES string of the molecule is CCOC(=O)[C@@H](NP(=O)(N[C@H](C(=O)OCC)C(C)C)OC[C@H]1OC(n2cnc3c(N4CCCC4)nc(N)nc32)C(C)(O)C1O)C(C)C. The molecule has 4 rings (SSSR count). The largest absolute Gasteiger partial charge is 0.465 e. The van der Waals surface area contributed by atoms with E-state index in [0.29, 0.717) is 17.0 Å². The highest BCUT2D eigenvalue weighted by molar-refractivity contribution is 7.54. The minimum absolute atomic E-state index is 0.0138. The van der Waals surface area contributed by atoms with Crippen LogP contribution in [0.5, 0.6) is 0 Å². The van der Waals surface area contributed by atoms with Gasteiger partial charge in [-0.15, -0.1) is 0 Å². The molecule has 0 amide bonds. The third-order valence-electron chi connectivity index (χ3n) is 8.29. The highest BCUT2D eigenvalue weighted by Crippen LogP contribution is 2.45. The Balaban J connectivity index is 1.62. The van der Waals surface area contributed by atoms with Crippen LogP contribution in [-0.2, 0) is 32.9 Å². The first kappa shape index (κ1) is 36.9. The molecule has 3 unspecified atom stereocenters. The number of esters is 2. The number of nitrogen functional groups attached to an aromatic ring is 1. The zero-order valence-electron chi connectivity index (χ0n) is 28.1. The lowest BCUT2D eigenvalue weighted by Crippen LogP contribution is -2.49. The first-order chi connectivity index (χ1) is 22.1. The molecule has 0 aromatic carbocycles. The quantitative estimate of drug-likeness (QED) is 0.132. The van der Waals surface area contributed by atoms with Gasteiger partial charge in [-0.05, 0) is 45.4 Å². The predicted octanol–water partition coefficient (Wildman–Crippen LogP) is 1.50. The van der Waals surface area contributed by atoms with Crippen molar-refractivity contribution in [3.05, 3.63) is 6.33 Å². The van der Waals surface area contributed by atoms with Crippen LogP contribution in [0.2, 0.25) is 0 Å². The van der Waals surface area contributed by atoms with Gasteiger partial charge < -0.3 is 39.6 Å². The van der Waals surface area contributed by atoms with Crippen LogP contribution in [0.25, 0.3) is 11.2 Å². The maximum atomic E-state index is 14.5. The summed E-state index contributed by atoms with van der Waals surface area (Å²) in [6.45, 7) is 12.9. The Bertz CT molecular complexity index is 1410. The Morgan fingerprint density at radius 1 is 1.09 bits per heavy atom. The number of hydrogen-bond acceptors (Lipinski definition) is 14. The molecule has 6 atom stereocenters. The van der Waals surface area contributed by atoms with Crippen LogP contribution in [0.4, 0.5) is 11.8 Å². The van der Waals surface area contributed by atoms with Crippen LogP contribution in [0.1, 0.15) is 67.5 Å². The molecule has 47 heavy (non-hydrogen) atoms. The molecule has 18 heteroatoms. The van der Waals surface area contributed by atoms with Gasteiger partial charge in [0.25, 0.3) is 0 Å². The van der Waals surface area contributed by atoms with E-state index >= 15 is 0 Å². The molecule has 2 aliphatic rings. The number of hydrogen-bond donors (Lipinski definition) is 5. The summed E-state index contributed by atoms with van der Waals surface area (Å²) in [5, 5.41) is 28.3. The Labute approximate surface area is 274 Å². The van der Waals surface area contributed by atoms with E-state index in [1.807, 2.05) is 0 Å². The summed E-state index contributed by atoms with van der Waals surface area (Å²) in [6, 6.07) is -2.17. The molecule has 2 aliphatic heterocycles. The average Bonchev–Trinajstić information content (AvgIpc) is 3.73. The number of ether oxygens (including phenoxy) is 3. The number of aliphatic hydroxyl groups excluding tert-OH is 1. The molecule has 17 nitrogen and oxygen atoms in total. The molecule has 4 heterocycles. The van der Waals surface area contributed by atoms with Crippen molar-refractivity contribution in [3.63, 3.8) is 0 Å². The summed E-state index contributed by atoms with van der Waals surface area (Å²) in [5.74, 6) is -1.51. The third-order valence-corrected chi connectivity index (χ3v) is 10.0. The zero-order valence-corrected chi connectivity index (χ0v) is 29.0. The lowest BCUT2D eigenvalue weighted by Gasteiger charge is -2.31. The fourth-order valence-electron chi connectivity index (χ4n) is 5.69. The van der Waals surface area contributed by atoms with Gasteiger partial charge in [0.1, 0.15) is 29.9 Å². The minimum atomic E-state index is -4.30. The van der Waals surface area contributed by atoms with E-state index in [0.717, 1.165) is 25.9 Å². The van der Waals surface area contributed by atoms with Gasteiger partial charge in [0.05, 0.1) is 26.1 Å². The first-order valence-corrected chi connectivity index (χ1v) is 17.7. The summed E-state index contributed by atoms with van der Waals surface area (Å²) in [6.07, 6.45) is -0.523. The molecule has 264 valence electrons. The van der Waals surface area contributed by atoms with E-state index in [2.05, 4.69) is 30.0 Å². The summed E-state index contributed by atoms with van der Waals surface area (Å²) >= 11 is 0. The average molecular weight is 685 g/mol. The van der Waals surface area contributed by atoms with E-state index in [4.69, 9.17) is 24.5 Å². The molecule has 2 saturated heterocycles. The van der Waals surface area contributed by atoms with Crippen molar-refractivity contribution in [1.29, 1.82) is 0 Å². The molecule has 6 N–H and O–H groups in total. The van der Waals surface area contributed by atoms with Crippen LogP contribution in [0, 0.1) is 11.8 Å². The van der Waals surface area contributed by atoms with Crippen molar-refractivity contribution >= 4 is 42.5 Å². The monoisotopic (exact) mass is 684 g/mol. The van der Waals surface area contributed by atoms with Gasteiger partial charge in [-0.25, -0.2) is 15.2 Å². The normalized spacial score (nSPS) is 24.7. The second-order valence-corrected chi connectivity index (χ2v) is 14.6. The Morgan fingerprint density at radius 2 is 1.64 bits per heavy atom. The molecule has 2 fully saturated rings. The number of aliphatic hydroxyl groups is 2. The molecular formula is C29H49N8O9P. The highest BCUT2D eigenvalue weighted by Gasteiger charge is 2.54. The molecule has 0 radical (unpaired) electrons. The van der Waals surface area contributed by atoms with Crippen LogP contribution < -0.4 is 20.8 Å². The number of fused-ring (bicyclic) bond motifs is 1. The Kier molecular flexibility index (Phi) is 11.9. The van der Waals surface area contributed by atoms with Gasteiger partial charge in [-0.2, -0.15) is 9.97 Å². The standard InChI is InChI=1S/C29H49N8O9P/c1-8-43-25(39)19(16(3)4)34-47(42,35-20(17(5)6)26(40)44-9-2)45-14-18-22(38)29(7,41)27(46-18)37-15-31-21-23(36-12-10-11-13-36)32-28(30)33-24(21)37/h15-20,22,27,38,41H,8-14H2,1-7H3,(H2,30,32,33)(H2,34,35,42)/t18-,19+,20+,22?,27?,29?/m1/s1. The van der Waals surface area contributed by atoms with Gasteiger partial charge in [0, 0.05) is 13.1 Å². The van der Waals surface area contributed by atoms with Crippen molar-refractivity contribution in [1.82, 2.24) is 29.7 Å². The van der Waals surface area contributed by atoms with E-state index in [9.17, 15) is 24.4 Å². The maximum Gasteiger partial charge on any atom is 0.342 e. The summed E-state index contributed by atoms with van der Waals surface area (Å²) in [4.78, 5) is 41.0. The van der Waals surface area contributed by atoms with Crippen LogP contribution >= 0.6 is 7.67 Å². The second kappa shape index (κ2) is 15.1. The van der Waals surface area contributed by atoms with Crippen molar-refractivity contribution in [2.45, 2.75) is 97.4 Å². The van der Waals surface area contributed by atoms with Gasteiger partial charge in [0.2, 0.25) is 5.95 Å².